The third-order valence-electron chi connectivity index (χ3n) is 2.68. The van der Waals surface area contributed by atoms with Crippen LogP contribution in [0.15, 0.2) is 18.3 Å². The standard InChI is InChI=1S/C12H14ClN5O2S/c1-3-14-12-15-6-8(18(19)20)11(17-12)16-7(2)9-4-5-10(13)21-9/h4-7H,3H2,1-2H3,(H2,14,15,16,17). The Bertz CT molecular complexity index is 648. The largest absolute Gasteiger partial charge is 0.357 e. The lowest BCUT2D eigenvalue weighted by Crippen LogP contribution is -2.11. The summed E-state index contributed by atoms with van der Waals surface area (Å²) in [5, 5.41) is 17.0. The fraction of sp³-hybridized carbons (Fsp3) is 0.333. The maximum absolute atomic E-state index is 11.1. The summed E-state index contributed by atoms with van der Waals surface area (Å²) in [5.41, 5.74) is -0.161. The zero-order valence-electron chi connectivity index (χ0n) is 11.5. The van der Waals surface area contributed by atoms with Gasteiger partial charge in [-0.1, -0.05) is 11.6 Å². The predicted molar refractivity (Wildman–Crippen MR) is 84.2 cm³/mol. The molecule has 0 aromatic carbocycles. The summed E-state index contributed by atoms with van der Waals surface area (Å²) in [7, 11) is 0. The number of aromatic nitrogens is 2. The van der Waals surface area contributed by atoms with Gasteiger partial charge >= 0.3 is 5.69 Å². The van der Waals surface area contributed by atoms with Crippen molar-refractivity contribution in [1.29, 1.82) is 0 Å². The third kappa shape index (κ3) is 3.79. The van der Waals surface area contributed by atoms with Gasteiger partial charge in [0.1, 0.15) is 6.20 Å². The van der Waals surface area contributed by atoms with Gasteiger partial charge in [0.15, 0.2) is 0 Å². The zero-order chi connectivity index (χ0) is 15.4. The second kappa shape index (κ2) is 6.68. The van der Waals surface area contributed by atoms with Crippen molar-refractivity contribution in [2.75, 3.05) is 17.2 Å². The van der Waals surface area contributed by atoms with Gasteiger partial charge in [-0.25, -0.2) is 4.98 Å². The molecule has 0 radical (unpaired) electrons. The number of hydrogen-bond donors (Lipinski definition) is 2. The number of thiophene rings is 1. The molecule has 0 aliphatic rings. The third-order valence-corrected chi connectivity index (χ3v) is 4.09. The Kier molecular flexibility index (Phi) is 4.92. The summed E-state index contributed by atoms with van der Waals surface area (Å²) in [6, 6.07) is 3.52. The molecule has 112 valence electrons. The minimum atomic E-state index is -0.508. The number of nitrogens with one attached hydrogen (secondary N) is 2. The Labute approximate surface area is 130 Å². The lowest BCUT2D eigenvalue weighted by Gasteiger charge is -2.13. The van der Waals surface area contributed by atoms with Crippen LogP contribution < -0.4 is 10.6 Å². The Morgan fingerprint density at radius 3 is 2.86 bits per heavy atom. The highest BCUT2D eigenvalue weighted by Crippen LogP contribution is 2.31. The Balaban J connectivity index is 2.27. The fourth-order valence-corrected chi connectivity index (χ4v) is 2.76. The first kappa shape index (κ1) is 15.5. The van der Waals surface area contributed by atoms with Gasteiger partial charge in [0.05, 0.1) is 15.3 Å². The first-order valence-electron chi connectivity index (χ1n) is 6.28. The molecule has 9 heteroatoms. The van der Waals surface area contributed by atoms with Crippen LogP contribution in [0.1, 0.15) is 24.8 Å². The second-order valence-corrected chi connectivity index (χ2v) is 5.97. The molecule has 0 bridgehead atoms. The number of rotatable bonds is 6. The van der Waals surface area contributed by atoms with E-state index in [0.29, 0.717) is 16.8 Å². The molecular formula is C12H14ClN5O2S. The predicted octanol–water partition coefficient (Wildman–Crippen LogP) is 3.70. The van der Waals surface area contributed by atoms with E-state index in [4.69, 9.17) is 11.6 Å². The molecule has 2 aromatic heterocycles. The molecular weight excluding hydrogens is 314 g/mol. The minimum Gasteiger partial charge on any atom is -0.357 e. The van der Waals surface area contributed by atoms with Crippen LogP contribution in [-0.4, -0.2) is 21.4 Å². The van der Waals surface area contributed by atoms with Crippen molar-refractivity contribution < 1.29 is 4.92 Å². The summed E-state index contributed by atoms with van der Waals surface area (Å²) in [4.78, 5) is 19.6. The van der Waals surface area contributed by atoms with E-state index in [0.717, 1.165) is 4.88 Å². The van der Waals surface area contributed by atoms with Crippen molar-refractivity contribution in [1.82, 2.24) is 9.97 Å². The average Bonchev–Trinajstić information content (AvgIpc) is 2.86. The molecule has 0 aliphatic carbocycles. The van der Waals surface area contributed by atoms with E-state index in [1.807, 2.05) is 19.9 Å². The van der Waals surface area contributed by atoms with Gasteiger partial charge in [0.25, 0.3) is 0 Å². The maximum atomic E-state index is 11.1. The van der Waals surface area contributed by atoms with Crippen LogP contribution in [0.5, 0.6) is 0 Å². The molecule has 2 aromatic rings. The van der Waals surface area contributed by atoms with Crippen molar-refractivity contribution >= 4 is 40.4 Å². The smallest absolute Gasteiger partial charge is 0.329 e. The van der Waals surface area contributed by atoms with Crippen LogP contribution in [0, 0.1) is 10.1 Å². The topological polar surface area (TPSA) is 93.0 Å². The lowest BCUT2D eigenvalue weighted by molar-refractivity contribution is -0.384. The molecule has 1 unspecified atom stereocenters. The maximum Gasteiger partial charge on any atom is 0.329 e. The summed E-state index contributed by atoms with van der Waals surface area (Å²) in [6.45, 7) is 4.42. The molecule has 0 amide bonds. The molecule has 0 fully saturated rings. The number of nitrogens with zero attached hydrogens (tertiary/aromatic N) is 3. The Morgan fingerprint density at radius 2 is 2.29 bits per heavy atom. The minimum absolute atomic E-state index is 0.148. The van der Waals surface area contributed by atoms with Gasteiger partial charge in [0.2, 0.25) is 11.8 Å². The van der Waals surface area contributed by atoms with E-state index >= 15 is 0 Å². The molecule has 2 rings (SSSR count). The molecule has 0 aliphatic heterocycles. The molecule has 0 saturated heterocycles. The quantitative estimate of drug-likeness (QED) is 0.620. The Hall–Kier alpha value is -1.93. The second-order valence-electron chi connectivity index (χ2n) is 4.22. The fourth-order valence-electron chi connectivity index (χ4n) is 1.70. The highest BCUT2D eigenvalue weighted by Gasteiger charge is 2.20. The van der Waals surface area contributed by atoms with Crippen molar-refractivity contribution in [2.24, 2.45) is 0 Å². The number of nitro groups is 1. The average molecular weight is 328 g/mol. The normalized spacial score (nSPS) is 12.0. The van der Waals surface area contributed by atoms with Crippen molar-refractivity contribution in [3.8, 4) is 0 Å². The van der Waals surface area contributed by atoms with E-state index in [2.05, 4.69) is 20.6 Å². The van der Waals surface area contributed by atoms with Crippen LogP contribution in [-0.2, 0) is 0 Å². The summed E-state index contributed by atoms with van der Waals surface area (Å²) < 4.78 is 0.671. The first-order chi connectivity index (χ1) is 10.0. The molecule has 0 spiro atoms. The molecule has 2 N–H and O–H groups in total. The molecule has 21 heavy (non-hydrogen) atoms. The molecule has 1 atom stereocenters. The van der Waals surface area contributed by atoms with E-state index in [1.54, 1.807) is 6.07 Å². The van der Waals surface area contributed by atoms with E-state index in [-0.39, 0.29) is 17.5 Å². The lowest BCUT2D eigenvalue weighted by atomic mass is 10.2. The summed E-state index contributed by atoms with van der Waals surface area (Å²) in [6.07, 6.45) is 1.20. The van der Waals surface area contributed by atoms with Crippen molar-refractivity contribution in [3.63, 3.8) is 0 Å². The number of anilines is 2. The van der Waals surface area contributed by atoms with Crippen LogP contribution in [0.3, 0.4) is 0 Å². The van der Waals surface area contributed by atoms with Gasteiger partial charge in [-0.2, -0.15) is 4.98 Å². The highest BCUT2D eigenvalue weighted by atomic mass is 35.5. The van der Waals surface area contributed by atoms with Gasteiger partial charge < -0.3 is 10.6 Å². The first-order valence-corrected chi connectivity index (χ1v) is 7.47. The summed E-state index contributed by atoms with van der Waals surface area (Å²) >= 11 is 7.32. The highest BCUT2D eigenvalue weighted by molar-refractivity contribution is 7.16. The van der Waals surface area contributed by atoms with Gasteiger partial charge in [-0.3, -0.25) is 10.1 Å². The van der Waals surface area contributed by atoms with Gasteiger partial charge in [-0.05, 0) is 26.0 Å². The van der Waals surface area contributed by atoms with Crippen LogP contribution in [0.2, 0.25) is 4.34 Å². The number of halogens is 1. The van der Waals surface area contributed by atoms with E-state index in [9.17, 15) is 10.1 Å². The molecule has 0 saturated carbocycles. The molecule has 7 nitrogen and oxygen atoms in total. The van der Waals surface area contributed by atoms with Crippen LogP contribution in [0.4, 0.5) is 17.5 Å². The van der Waals surface area contributed by atoms with E-state index < -0.39 is 4.92 Å². The number of hydrogen-bond acceptors (Lipinski definition) is 7. The zero-order valence-corrected chi connectivity index (χ0v) is 13.0. The summed E-state index contributed by atoms with van der Waals surface area (Å²) in [5.74, 6) is 0.532. The van der Waals surface area contributed by atoms with Gasteiger partial charge in [-0.15, -0.1) is 11.3 Å². The van der Waals surface area contributed by atoms with E-state index in [1.165, 1.54) is 17.5 Å². The Morgan fingerprint density at radius 1 is 1.52 bits per heavy atom. The SMILES string of the molecule is CCNc1ncc([N+](=O)[O-])c(NC(C)c2ccc(Cl)s2)n1. The van der Waals surface area contributed by atoms with Crippen LogP contribution in [0.25, 0.3) is 0 Å². The van der Waals surface area contributed by atoms with Crippen molar-refractivity contribution in [3.05, 3.63) is 37.7 Å². The van der Waals surface area contributed by atoms with Gasteiger partial charge in [0, 0.05) is 11.4 Å². The van der Waals surface area contributed by atoms with Crippen LogP contribution >= 0.6 is 22.9 Å². The molecule has 2 heterocycles. The monoisotopic (exact) mass is 327 g/mol. The van der Waals surface area contributed by atoms with Crippen molar-refractivity contribution in [2.45, 2.75) is 19.9 Å².